The minimum Gasteiger partial charge on any atom is -0.245 e. The molecule has 60 valence electrons. The zero-order valence-corrected chi connectivity index (χ0v) is 7.24. The van der Waals surface area contributed by atoms with Gasteiger partial charge in [-0.05, 0) is 20.8 Å². The topological polar surface area (TPSA) is 29.4 Å². The first kappa shape index (κ1) is 9.75. The maximum absolute atomic E-state index is 11.5. The van der Waals surface area contributed by atoms with Crippen LogP contribution in [0.5, 0.6) is 0 Å². The molecule has 0 aromatic rings. The smallest absolute Gasteiger partial charge is 0.144 e. The molecule has 0 rings (SSSR count). The third-order valence-corrected chi connectivity index (χ3v) is 2.15. The molecule has 0 heterocycles. The summed E-state index contributed by atoms with van der Waals surface area (Å²) in [5.41, 5.74) is 0. The van der Waals surface area contributed by atoms with E-state index in [0.717, 1.165) is 6.21 Å². The van der Waals surface area contributed by atoms with Crippen LogP contribution in [0.15, 0.2) is 4.40 Å². The molecule has 1 atom stereocenters. The highest BCUT2D eigenvalue weighted by atomic mass is 32.2. The summed E-state index contributed by atoms with van der Waals surface area (Å²) in [6.07, 6.45) is 1.03. The van der Waals surface area contributed by atoms with Crippen LogP contribution in [-0.2, 0) is 11.0 Å². The van der Waals surface area contributed by atoms with Crippen molar-refractivity contribution in [2.45, 2.75) is 25.5 Å². The zero-order chi connectivity index (χ0) is 8.20. The van der Waals surface area contributed by atoms with Crippen molar-refractivity contribution in [3.8, 4) is 0 Å². The second-order valence-electron chi connectivity index (χ2n) is 2.80. The third kappa shape index (κ3) is 3.71. The lowest BCUT2D eigenvalue weighted by atomic mass is 10.3. The number of rotatable bonds is 2. The standard InChI is InChI=1S/C6H12FNOS/c1-6(2,3)10(9)8-5-4-7/h5H,4H2,1-3H3/b8-5+/t10-/m1/s1. The first-order chi connectivity index (χ1) is 4.48. The van der Waals surface area contributed by atoms with Gasteiger partial charge in [-0.25, -0.2) is 8.60 Å². The van der Waals surface area contributed by atoms with Crippen molar-refractivity contribution in [1.82, 2.24) is 0 Å². The van der Waals surface area contributed by atoms with E-state index in [2.05, 4.69) is 4.40 Å². The Kier molecular flexibility index (Phi) is 3.71. The van der Waals surface area contributed by atoms with Crippen LogP contribution < -0.4 is 0 Å². The molecule has 10 heavy (non-hydrogen) atoms. The molecular formula is C6H12FNOS. The van der Waals surface area contributed by atoms with Crippen LogP contribution in [0.1, 0.15) is 20.8 Å². The Balaban J connectivity index is 3.98. The van der Waals surface area contributed by atoms with Crippen molar-refractivity contribution < 1.29 is 8.60 Å². The lowest BCUT2D eigenvalue weighted by Crippen LogP contribution is -2.19. The third-order valence-electron chi connectivity index (χ3n) is 0.763. The minimum atomic E-state index is -1.31. The van der Waals surface area contributed by atoms with E-state index < -0.39 is 17.7 Å². The summed E-state index contributed by atoms with van der Waals surface area (Å²) in [5.74, 6) is 0. The van der Waals surface area contributed by atoms with Gasteiger partial charge in [-0.3, -0.25) is 0 Å². The summed E-state index contributed by atoms with van der Waals surface area (Å²) in [6.45, 7) is 4.72. The molecule has 0 saturated carbocycles. The van der Waals surface area contributed by atoms with Crippen molar-refractivity contribution in [1.29, 1.82) is 0 Å². The number of nitrogens with zero attached hydrogens (tertiary/aromatic N) is 1. The lowest BCUT2D eigenvalue weighted by Gasteiger charge is -2.12. The summed E-state index contributed by atoms with van der Waals surface area (Å²) >= 11 is 0. The van der Waals surface area contributed by atoms with Crippen LogP contribution in [0, 0.1) is 0 Å². The summed E-state index contributed by atoms with van der Waals surface area (Å²) in [5, 5.41) is 0. The van der Waals surface area contributed by atoms with Gasteiger partial charge in [0.25, 0.3) is 0 Å². The Morgan fingerprint density at radius 2 is 2.10 bits per heavy atom. The van der Waals surface area contributed by atoms with E-state index in [4.69, 9.17) is 0 Å². The van der Waals surface area contributed by atoms with Crippen molar-refractivity contribution in [3.05, 3.63) is 0 Å². The summed E-state index contributed by atoms with van der Waals surface area (Å²) < 4.78 is 25.5. The molecule has 4 heteroatoms. The molecular weight excluding hydrogens is 153 g/mol. The summed E-state index contributed by atoms with van der Waals surface area (Å²) in [7, 11) is -1.31. The Morgan fingerprint density at radius 1 is 1.60 bits per heavy atom. The molecule has 0 saturated heterocycles. The van der Waals surface area contributed by atoms with Gasteiger partial charge in [0.05, 0.1) is 4.75 Å². The first-order valence-corrected chi connectivity index (χ1v) is 4.09. The van der Waals surface area contributed by atoms with E-state index in [0.29, 0.717) is 0 Å². The Bertz CT molecular complexity index is 150. The molecule has 2 nitrogen and oxygen atoms in total. The van der Waals surface area contributed by atoms with Gasteiger partial charge in [0, 0.05) is 6.21 Å². The van der Waals surface area contributed by atoms with Gasteiger partial charge in [-0.15, -0.1) is 0 Å². The Labute approximate surface area is 63.1 Å². The fraction of sp³-hybridized carbons (Fsp3) is 0.833. The Morgan fingerprint density at radius 3 is 2.40 bits per heavy atom. The van der Waals surface area contributed by atoms with Crippen molar-refractivity contribution in [2.24, 2.45) is 4.40 Å². The molecule has 0 radical (unpaired) electrons. The molecule has 0 aliphatic carbocycles. The van der Waals surface area contributed by atoms with Gasteiger partial charge in [-0.2, -0.15) is 4.40 Å². The number of hydrogen-bond donors (Lipinski definition) is 0. The fourth-order valence-corrected chi connectivity index (χ4v) is 0.762. The average molecular weight is 165 g/mol. The van der Waals surface area contributed by atoms with Crippen molar-refractivity contribution in [3.63, 3.8) is 0 Å². The van der Waals surface area contributed by atoms with Gasteiger partial charge in [0.15, 0.2) is 0 Å². The molecule has 0 fully saturated rings. The van der Waals surface area contributed by atoms with E-state index in [1.165, 1.54) is 0 Å². The van der Waals surface area contributed by atoms with E-state index in [-0.39, 0.29) is 4.75 Å². The maximum Gasteiger partial charge on any atom is 0.144 e. The molecule has 0 unspecified atom stereocenters. The van der Waals surface area contributed by atoms with Crippen molar-refractivity contribution in [2.75, 3.05) is 6.67 Å². The molecule has 0 N–H and O–H groups in total. The minimum absolute atomic E-state index is 0.383. The monoisotopic (exact) mass is 165 g/mol. The molecule has 0 bridgehead atoms. The van der Waals surface area contributed by atoms with Crippen LogP contribution in [0.25, 0.3) is 0 Å². The van der Waals surface area contributed by atoms with Crippen LogP contribution in [0.4, 0.5) is 4.39 Å². The fourth-order valence-electron chi connectivity index (χ4n) is 0.254. The molecule has 0 amide bonds. The highest BCUT2D eigenvalue weighted by molar-refractivity contribution is 7.85. The largest absolute Gasteiger partial charge is 0.245 e. The zero-order valence-electron chi connectivity index (χ0n) is 6.43. The number of halogens is 1. The van der Waals surface area contributed by atoms with Gasteiger partial charge in [0.1, 0.15) is 17.7 Å². The van der Waals surface area contributed by atoms with Crippen LogP contribution in [0.2, 0.25) is 0 Å². The quantitative estimate of drug-likeness (QED) is 0.570. The van der Waals surface area contributed by atoms with E-state index in [1.807, 2.05) is 0 Å². The van der Waals surface area contributed by atoms with Gasteiger partial charge >= 0.3 is 0 Å². The van der Waals surface area contributed by atoms with Crippen molar-refractivity contribution >= 4 is 17.2 Å². The summed E-state index contributed by atoms with van der Waals surface area (Å²) in [6, 6.07) is 0. The van der Waals surface area contributed by atoms with Crippen LogP contribution >= 0.6 is 0 Å². The highest BCUT2D eigenvalue weighted by Gasteiger charge is 2.17. The van der Waals surface area contributed by atoms with Gasteiger partial charge in [0.2, 0.25) is 0 Å². The second kappa shape index (κ2) is 3.81. The van der Waals surface area contributed by atoms with Gasteiger partial charge in [-0.1, -0.05) is 0 Å². The predicted molar refractivity (Wildman–Crippen MR) is 42.4 cm³/mol. The molecule has 0 aliphatic rings. The van der Waals surface area contributed by atoms with Gasteiger partial charge < -0.3 is 0 Å². The first-order valence-electron chi connectivity index (χ1n) is 2.99. The second-order valence-corrected chi connectivity index (χ2v) is 4.74. The van der Waals surface area contributed by atoms with Crippen LogP contribution in [0.3, 0.4) is 0 Å². The SMILES string of the molecule is CC(C)(C)[S@@](=O)/N=C/CF. The molecule has 0 aromatic carbocycles. The lowest BCUT2D eigenvalue weighted by molar-refractivity contribution is 0.587. The predicted octanol–water partition coefficient (Wildman–Crippen LogP) is 1.49. The number of hydrogen-bond acceptors (Lipinski definition) is 1. The van der Waals surface area contributed by atoms with Crippen LogP contribution in [-0.4, -0.2) is 21.8 Å². The highest BCUT2D eigenvalue weighted by Crippen LogP contribution is 2.11. The normalized spacial score (nSPS) is 16.0. The summed E-state index contributed by atoms with van der Waals surface area (Å²) in [4.78, 5) is 0. The number of alkyl halides is 1. The maximum atomic E-state index is 11.5. The Hall–Kier alpha value is -0.250. The van der Waals surface area contributed by atoms with E-state index in [1.54, 1.807) is 20.8 Å². The average Bonchev–Trinajstić information content (AvgIpc) is 1.80. The van der Waals surface area contributed by atoms with E-state index >= 15 is 0 Å². The molecule has 0 aliphatic heterocycles. The van der Waals surface area contributed by atoms with E-state index in [9.17, 15) is 8.60 Å². The molecule has 0 aromatic heterocycles. The molecule has 0 spiro atoms.